The van der Waals surface area contributed by atoms with Gasteiger partial charge in [-0.3, -0.25) is 9.69 Å². The van der Waals surface area contributed by atoms with Crippen LogP contribution < -0.4 is 5.32 Å². The molecule has 1 N–H and O–H groups in total. The van der Waals surface area contributed by atoms with Gasteiger partial charge in [-0.15, -0.1) is 12.4 Å². The van der Waals surface area contributed by atoms with Crippen LogP contribution in [0.25, 0.3) is 0 Å². The Morgan fingerprint density at radius 1 is 1.30 bits per heavy atom. The van der Waals surface area contributed by atoms with E-state index in [1.807, 2.05) is 36.1 Å². The molecule has 2 atom stereocenters. The van der Waals surface area contributed by atoms with Crippen molar-refractivity contribution in [1.29, 1.82) is 0 Å². The number of benzene rings is 1. The highest BCUT2D eigenvalue weighted by atomic mass is 35.5. The fourth-order valence-corrected chi connectivity index (χ4v) is 3.68. The number of carbonyl (C=O) groups is 1. The van der Waals surface area contributed by atoms with Crippen molar-refractivity contribution in [3.05, 3.63) is 34.9 Å². The van der Waals surface area contributed by atoms with Crippen LogP contribution in [-0.2, 0) is 4.79 Å². The predicted molar refractivity (Wildman–Crippen MR) is 96.5 cm³/mol. The second-order valence-electron chi connectivity index (χ2n) is 6.29. The number of nitrogens with one attached hydrogen (secondary N) is 1. The lowest BCUT2D eigenvalue weighted by atomic mass is 10.00. The summed E-state index contributed by atoms with van der Waals surface area (Å²) >= 11 is 6.04. The molecule has 4 nitrogen and oxygen atoms in total. The van der Waals surface area contributed by atoms with E-state index in [-0.39, 0.29) is 24.2 Å². The van der Waals surface area contributed by atoms with E-state index in [9.17, 15) is 4.79 Å². The molecule has 2 unspecified atom stereocenters. The summed E-state index contributed by atoms with van der Waals surface area (Å²) < 4.78 is 0. The normalized spacial score (nSPS) is 23.4. The molecule has 0 spiro atoms. The average molecular weight is 358 g/mol. The fraction of sp³-hybridized carbons (Fsp3) is 0.588. The second-order valence-corrected chi connectivity index (χ2v) is 6.73. The van der Waals surface area contributed by atoms with Gasteiger partial charge in [-0.05, 0) is 31.0 Å². The van der Waals surface area contributed by atoms with Crippen LogP contribution in [0.15, 0.2) is 24.3 Å². The third kappa shape index (κ3) is 4.38. The standard InChI is InChI=1S/C17H24ClN3O.ClH/c1-13(14-3-2-4-15(18)11-14)17(22)21-8-5-16(12-21)20-9-6-19-7-10-20;/h2-4,11,13,16,19H,5-10,12H2,1H3;1H. The minimum atomic E-state index is -0.125. The topological polar surface area (TPSA) is 35.6 Å². The van der Waals surface area contributed by atoms with E-state index < -0.39 is 0 Å². The zero-order chi connectivity index (χ0) is 15.5. The number of halogens is 2. The van der Waals surface area contributed by atoms with Crippen LogP contribution in [-0.4, -0.2) is 61.0 Å². The van der Waals surface area contributed by atoms with Gasteiger partial charge in [0.05, 0.1) is 5.92 Å². The molecule has 6 heteroatoms. The minimum absolute atomic E-state index is 0. The summed E-state index contributed by atoms with van der Waals surface area (Å²) in [6.45, 7) is 8.02. The fourth-order valence-electron chi connectivity index (χ4n) is 3.48. The van der Waals surface area contributed by atoms with Gasteiger partial charge in [0.2, 0.25) is 5.91 Å². The molecule has 3 rings (SSSR count). The lowest BCUT2D eigenvalue weighted by Gasteiger charge is -2.32. The van der Waals surface area contributed by atoms with Crippen molar-refractivity contribution in [1.82, 2.24) is 15.1 Å². The van der Waals surface area contributed by atoms with Gasteiger partial charge < -0.3 is 10.2 Å². The van der Waals surface area contributed by atoms with E-state index in [4.69, 9.17) is 11.6 Å². The lowest BCUT2D eigenvalue weighted by molar-refractivity contribution is -0.131. The average Bonchev–Trinajstić information content (AvgIpc) is 3.04. The van der Waals surface area contributed by atoms with Crippen LogP contribution in [0.2, 0.25) is 5.02 Å². The number of hydrogen-bond donors (Lipinski definition) is 1. The molecule has 0 saturated carbocycles. The summed E-state index contributed by atoms with van der Waals surface area (Å²) in [5, 5.41) is 4.07. The van der Waals surface area contributed by atoms with Crippen molar-refractivity contribution >= 4 is 29.9 Å². The molecule has 128 valence electrons. The van der Waals surface area contributed by atoms with Gasteiger partial charge in [0, 0.05) is 50.3 Å². The Labute approximate surface area is 149 Å². The summed E-state index contributed by atoms with van der Waals surface area (Å²) in [6.07, 6.45) is 1.09. The molecule has 0 aromatic heterocycles. The number of piperazine rings is 1. The zero-order valence-corrected chi connectivity index (χ0v) is 15.1. The molecule has 2 aliphatic rings. The van der Waals surface area contributed by atoms with E-state index in [0.717, 1.165) is 51.3 Å². The Balaban J connectivity index is 0.00000192. The quantitative estimate of drug-likeness (QED) is 0.901. The van der Waals surface area contributed by atoms with E-state index in [0.29, 0.717) is 11.1 Å². The van der Waals surface area contributed by atoms with Gasteiger partial charge in [0.15, 0.2) is 0 Å². The molecule has 0 bridgehead atoms. The van der Waals surface area contributed by atoms with Crippen LogP contribution in [0.4, 0.5) is 0 Å². The Morgan fingerprint density at radius 3 is 2.74 bits per heavy atom. The van der Waals surface area contributed by atoms with Crippen molar-refractivity contribution in [3.8, 4) is 0 Å². The number of nitrogens with zero attached hydrogens (tertiary/aromatic N) is 2. The van der Waals surface area contributed by atoms with Gasteiger partial charge in [0.25, 0.3) is 0 Å². The van der Waals surface area contributed by atoms with Crippen molar-refractivity contribution in [3.63, 3.8) is 0 Å². The monoisotopic (exact) mass is 357 g/mol. The number of carbonyl (C=O) groups excluding carboxylic acids is 1. The summed E-state index contributed by atoms with van der Waals surface area (Å²) in [5.74, 6) is 0.0976. The van der Waals surface area contributed by atoms with Crippen LogP contribution in [0.5, 0.6) is 0 Å². The number of hydrogen-bond acceptors (Lipinski definition) is 3. The molecule has 2 aliphatic heterocycles. The van der Waals surface area contributed by atoms with Crippen molar-refractivity contribution < 1.29 is 4.79 Å². The van der Waals surface area contributed by atoms with E-state index >= 15 is 0 Å². The highest BCUT2D eigenvalue weighted by Gasteiger charge is 2.32. The molecule has 0 aliphatic carbocycles. The first kappa shape index (κ1) is 18.5. The molecule has 0 radical (unpaired) electrons. The van der Waals surface area contributed by atoms with Crippen LogP contribution in [0.3, 0.4) is 0 Å². The first-order valence-corrected chi connectivity index (χ1v) is 8.52. The first-order chi connectivity index (χ1) is 10.6. The third-order valence-electron chi connectivity index (χ3n) is 4.86. The second kappa shape index (κ2) is 8.34. The van der Waals surface area contributed by atoms with Crippen molar-refractivity contribution in [2.24, 2.45) is 0 Å². The molecule has 2 fully saturated rings. The lowest BCUT2D eigenvalue weighted by Crippen LogP contribution is -2.49. The molecule has 1 aromatic rings. The van der Waals surface area contributed by atoms with Crippen molar-refractivity contribution in [2.75, 3.05) is 39.3 Å². The third-order valence-corrected chi connectivity index (χ3v) is 5.10. The Hall–Kier alpha value is -0.810. The molecule has 1 amide bonds. The van der Waals surface area contributed by atoms with Crippen LogP contribution >= 0.6 is 24.0 Å². The van der Waals surface area contributed by atoms with Crippen LogP contribution in [0.1, 0.15) is 24.8 Å². The Bertz CT molecular complexity index is 534. The highest BCUT2D eigenvalue weighted by molar-refractivity contribution is 6.30. The van der Waals surface area contributed by atoms with E-state index in [2.05, 4.69) is 10.2 Å². The molecular weight excluding hydrogens is 333 g/mol. The number of rotatable bonds is 3. The maximum atomic E-state index is 12.7. The van der Waals surface area contributed by atoms with E-state index in [1.165, 1.54) is 0 Å². The predicted octanol–water partition coefficient (Wildman–Crippen LogP) is 2.37. The summed E-state index contributed by atoms with van der Waals surface area (Å²) in [5.41, 5.74) is 1.00. The van der Waals surface area contributed by atoms with E-state index in [1.54, 1.807) is 0 Å². The first-order valence-electron chi connectivity index (χ1n) is 8.14. The minimum Gasteiger partial charge on any atom is -0.341 e. The van der Waals surface area contributed by atoms with Gasteiger partial charge in [-0.1, -0.05) is 23.7 Å². The Kier molecular flexibility index (Phi) is 6.72. The summed E-state index contributed by atoms with van der Waals surface area (Å²) in [7, 11) is 0. The van der Waals surface area contributed by atoms with Gasteiger partial charge in [0.1, 0.15) is 0 Å². The largest absolute Gasteiger partial charge is 0.341 e. The van der Waals surface area contributed by atoms with Gasteiger partial charge in [-0.2, -0.15) is 0 Å². The van der Waals surface area contributed by atoms with Gasteiger partial charge >= 0.3 is 0 Å². The van der Waals surface area contributed by atoms with Crippen molar-refractivity contribution in [2.45, 2.75) is 25.3 Å². The smallest absolute Gasteiger partial charge is 0.229 e. The number of likely N-dealkylation sites (tertiary alicyclic amines) is 1. The Morgan fingerprint density at radius 2 is 2.04 bits per heavy atom. The maximum Gasteiger partial charge on any atom is 0.229 e. The van der Waals surface area contributed by atoms with Crippen LogP contribution in [0, 0.1) is 0 Å². The van der Waals surface area contributed by atoms with Gasteiger partial charge in [-0.25, -0.2) is 0 Å². The number of amides is 1. The highest BCUT2D eigenvalue weighted by Crippen LogP contribution is 2.24. The summed E-state index contributed by atoms with van der Waals surface area (Å²) in [6, 6.07) is 8.16. The zero-order valence-electron chi connectivity index (χ0n) is 13.5. The summed E-state index contributed by atoms with van der Waals surface area (Å²) in [4.78, 5) is 17.3. The molecule has 2 saturated heterocycles. The molecule has 23 heavy (non-hydrogen) atoms. The molecular formula is C17H25Cl2N3O. The molecule has 2 heterocycles. The molecule has 1 aromatic carbocycles. The maximum absolute atomic E-state index is 12.7. The SMILES string of the molecule is CC(C(=O)N1CCC(N2CCNCC2)C1)c1cccc(Cl)c1.Cl.